The van der Waals surface area contributed by atoms with E-state index in [-0.39, 0.29) is 23.8 Å². The third-order valence-corrected chi connectivity index (χ3v) is 7.26. The molecule has 196 valence electrons. The van der Waals surface area contributed by atoms with Gasteiger partial charge in [-0.05, 0) is 61.7 Å². The first kappa shape index (κ1) is 27.9. The van der Waals surface area contributed by atoms with Gasteiger partial charge in [0.25, 0.3) is 5.91 Å². The summed E-state index contributed by atoms with van der Waals surface area (Å²) < 4.78 is 7.46. The van der Waals surface area contributed by atoms with E-state index in [0.717, 1.165) is 36.1 Å². The first-order chi connectivity index (χ1) is 17.3. The van der Waals surface area contributed by atoms with Gasteiger partial charge in [0.2, 0.25) is 5.91 Å². The van der Waals surface area contributed by atoms with Crippen LogP contribution in [0.15, 0.2) is 35.7 Å². The first-order valence-electron chi connectivity index (χ1n) is 12.9. The highest BCUT2D eigenvalue weighted by Gasteiger charge is 2.25. The standard InChI is InChI=1S/C28H40N4O3S/c1-7-21(8-2)32-25-12-11-20(15-23(25)30-26(32)16-22-10-9-13-36-22)27(33)31-24(14-18(3)4)28(34)29-19(5)17-35-6/h9-13,15,18-19,21,24H,7-8,14,16-17H2,1-6H3,(H,29,34)(H,31,33)/t19-,24-/m0/s1. The molecule has 0 spiro atoms. The molecule has 8 heteroatoms. The summed E-state index contributed by atoms with van der Waals surface area (Å²) >= 11 is 1.73. The fourth-order valence-electron chi connectivity index (χ4n) is 4.62. The lowest BCUT2D eigenvalue weighted by Crippen LogP contribution is -2.50. The number of hydrogen-bond acceptors (Lipinski definition) is 5. The largest absolute Gasteiger partial charge is 0.383 e. The molecule has 2 aromatic heterocycles. The second-order valence-corrected chi connectivity index (χ2v) is 10.9. The Morgan fingerprint density at radius 1 is 1.11 bits per heavy atom. The zero-order chi connectivity index (χ0) is 26.2. The Kier molecular flexibility index (Phi) is 10.1. The number of benzene rings is 1. The van der Waals surface area contributed by atoms with Crippen molar-refractivity contribution in [1.29, 1.82) is 0 Å². The van der Waals surface area contributed by atoms with Crippen LogP contribution in [0.1, 0.15) is 81.0 Å². The third kappa shape index (κ3) is 6.95. The molecule has 0 radical (unpaired) electrons. The highest BCUT2D eigenvalue weighted by Crippen LogP contribution is 2.28. The molecule has 2 N–H and O–H groups in total. The molecule has 3 rings (SSSR count). The van der Waals surface area contributed by atoms with Gasteiger partial charge in [-0.3, -0.25) is 9.59 Å². The van der Waals surface area contributed by atoms with Crippen molar-refractivity contribution in [3.63, 3.8) is 0 Å². The van der Waals surface area contributed by atoms with Crippen LogP contribution in [0.5, 0.6) is 0 Å². The van der Waals surface area contributed by atoms with Gasteiger partial charge in [0.05, 0.1) is 17.6 Å². The van der Waals surface area contributed by atoms with E-state index in [4.69, 9.17) is 9.72 Å². The number of fused-ring (bicyclic) bond motifs is 1. The van der Waals surface area contributed by atoms with Gasteiger partial charge in [0.1, 0.15) is 11.9 Å². The summed E-state index contributed by atoms with van der Waals surface area (Å²) in [7, 11) is 1.60. The van der Waals surface area contributed by atoms with E-state index in [1.807, 2.05) is 39.0 Å². The molecule has 36 heavy (non-hydrogen) atoms. The average molecular weight is 513 g/mol. The molecule has 2 amide bonds. The lowest BCUT2D eigenvalue weighted by Gasteiger charge is -2.22. The van der Waals surface area contributed by atoms with E-state index in [1.54, 1.807) is 18.4 Å². The molecule has 0 saturated carbocycles. The number of nitrogens with zero attached hydrogens (tertiary/aromatic N) is 2. The summed E-state index contributed by atoms with van der Waals surface area (Å²) in [6.45, 7) is 10.8. The van der Waals surface area contributed by atoms with Gasteiger partial charge in [0, 0.05) is 36.1 Å². The Hall–Kier alpha value is -2.71. The number of carbonyl (C=O) groups is 2. The molecule has 0 unspecified atom stereocenters. The normalized spacial score (nSPS) is 13.3. The lowest BCUT2D eigenvalue weighted by atomic mass is 10.0. The fraction of sp³-hybridized carbons (Fsp3) is 0.536. The van der Waals surface area contributed by atoms with E-state index in [1.165, 1.54) is 4.88 Å². The van der Waals surface area contributed by atoms with E-state index < -0.39 is 6.04 Å². The molecule has 0 saturated heterocycles. The molecular weight excluding hydrogens is 472 g/mol. The monoisotopic (exact) mass is 512 g/mol. The summed E-state index contributed by atoms with van der Waals surface area (Å²) in [5, 5.41) is 7.98. The minimum absolute atomic E-state index is 0.138. The molecule has 3 aromatic rings. The van der Waals surface area contributed by atoms with Crippen LogP contribution < -0.4 is 10.6 Å². The topological polar surface area (TPSA) is 85.2 Å². The number of carbonyl (C=O) groups excluding carboxylic acids is 2. The van der Waals surface area contributed by atoms with Crippen LogP contribution in [0.4, 0.5) is 0 Å². The Balaban J connectivity index is 1.88. The van der Waals surface area contributed by atoms with Crippen molar-refractivity contribution < 1.29 is 14.3 Å². The second-order valence-electron chi connectivity index (χ2n) is 9.85. The van der Waals surface area contributed by atoms with Gasteiger partial charge in [-0.2, -0.15) is 0 Å². The van der Waals surface area contributed by atoms with E-state index >= 15 is 0 Å². The maximum Gasteiger partial charge on any atom is 0.252 e. The molecule has 2 atom stereocenters. The smallest absolute Gasteiger partial charge is 0.252 e. The third-order valence-electron chi connectivity index (χ3n) is 6.38. The highest BCUT2D eigenvalue weighted by molar-refractivity contribution is 7.09. The molecule has 0 aliphatic carbocycles. The van der Waals surface area contributed by atoms with Crippen molar-refractivity contribution >= 4 is 34.2 Å². The number of imidazole rings is 1. The minimum Gasteiger partial charge on any atom is -0.383 e. The molecular formula is C28H40N4O3S. The first-order valence-corrected chi connectivity index (χ1v) is 13.8. The maximum absolute atomic E-state index is 13.2. The Morgan fingerprint density at radius 2 is 1.86 bits per heavy atom. The minimum atomic E-state index is -0.621. The van der Waals surface area contributed by atoms with Crippen molar-refractivity contribution in [2.45, 2.75) is 78.4 Å². The van der Waals surface area contributed by atoms with Crippen molar-refractivity contribution in [2.24, 2.45) is 5.92 Å². The van der Waals surface area contributed by atoms with E-state index in [0.29, 0.717) is 24.6 Å². The SMILES string of the molecule is CCC(CC)n1c(Cc2cccs2)nc2cc(C(=O)N[C@@H](CC(C)C)C(=O)N[C@@H](C)COC)ccc21. The van der Waals surface area contributed by atoms with Crippen molar-refractivity contribution in [2.75, 3.05) is 13.7 Å². The fourth-order valence-corrected chi connectivity index (χ4v) is 5.33. The van der Waals surface area contributed by atoms with Crippen LogP contribution in [0, 0.1) is 5.92 Å². The van der Waals surface area contributed by atoms with Crippen molar-refractivity contribution in [3.8, 4) is 0 Å². The van der Waals surface area contributed by atoms with Gasteiger partial charge in [-0.25, -0.2) is 4.98 Å². The summed E-state index contributed by atoms with van der Waals surface area (Å²) in [5.74, 6) is 0.799. The number of ether oxygens (including phenoxy) is 1. The molecule has 1 aromatic carbocycles. The lowest BCUT2D eigenvalue weighted by molar-refractivity contribution is -0.124. The van der Waals surface area contributed by atoms with Crippen LogP contribution in [-0.4, -0.2) is 47.2 Å². The van der Waals surface area contributed by atoms with Crippen LogP contribution in [0.25, 0.3) is 11.0 Å². The number of amides is 2. The van der Waals surface area contributed by atoms with Crippen LogP contribution in [0.2, 0.25) is 0 Å². The maximum atomic E-state index is 13.2. The van der Waals surface area contributed by atoms with Gasteiger partial charge >= 0.3 is 0 Å². The van der Waals surface area contributed by atoms with Gasteiger partial charge in [0.15, 0.2) is 0 Å². The van der Waals surface area contributed by atoms with Crippen LogP contribution in [0.3, 0.4) is 0 Å². The number of methoxy groups -OCH3 is 1. The van der Waals surface area contributed by atoms with Crippen LogP contribution in [-0.2, 0) is 16.0 Å². The molecule has 7 nitrogen and oxygen atoms in total. The Labute approximate surface area is 218 Å². The van der Waals surface area contributed by atoms with Crippen molar-refractivity contribution in [1.82, 2.24) is 20.2 Å². The second kappa shape index (κ2) is 13.0. The number of rotatable bonds is 13. The van der Waals surface area contributed by atoms with Gasteiger partial charge in [-0.15, -0.1) is 11.3 Å². The average Bonchev–Trinajstić information content (AvgIpc) is 3.47. The summed E-state index contributed by atoms with van der Waals surface area (Å²) in [4.78, 5) is 32.4. The molecule has 0 aliphatic rings. The zero-order valence-corrected chi connectivity index (χ0v) is 23.2. The number of thiophene rings is 1. The number of aromatic nitrogens is 2. The predicted octanol–water partition coefficient (Wildman–Crippen LogP) is 5.35. The molecule has 0 aliphatic heterocycles. The van der Waals surface area contributed by atoms with Gasteiger partial charge in [-0.1, -0.05) is 33.8 Å². The Morgan fingerprint density at radius 3 is 2.47 bits per heavy atom. The van der Waals surface area contributed by atoms with E-state index in [9.17, 15) is 9.59 Å². The van der Waals surface area contributed by atoms with Crippen molar-refractivity contribution in [3.05, 3.63) is 52.0 Å². The van der Waals surface area contributed by atoms with Crippen LogP contribution >= 0.6 is 11.3 Å². The van der Waals surface area contributed by atoms with Gasteiger partial charge < -0.3 is 19.9 Å². The molecule has 2 heterocycles. The predicted molar refractivity (Wildman–Crippen MR) is 147 cm³/mol. The summed E-state index contributed by atoms with van der Waals surface area (Å²) in [6, 6.07) is 9.46. The molecule has 0 bridgehead atoms. The quantitative estimate of drug-likeness (QED) is 0.323. The number of hydrogen-bond donors (Lipinski definition) is 2. The van der Waals surface area contributed by atoms with E-state index in [2.05, 4.69) is 46.6 Å². The summed E-state index contributed by atoms with van der Waals surface area (Å²) in [6.07, 6.45) is 3.33. The summed E-state index contributed by atoms with van der Waals surface area (Å²) in [5.41, 5.74) is 2.35. The number of nitrogens with one attached hydrogen (secondary N) is 2. The molecule has 0 fully saturated rings. The zero-order valence-electron chi connectivity index (χ0n) is 22.3. The Bertz CT molecular complexity index is 1140. The highest BCUT2D eigenvalue weighted by atomic mass is 32.1.